The lowest BCUT2D eigenvalue weighted by molar-refractivity contribution is 0.659. The van der Waals surface area contributed by atoms with Crippen molar-refractivity contribution in [3.63, 3.8) is 0 Å². The van der Waals surface area contributed by atoms with Crippen molar-refractivity contribution in [2.24, 2.45) is 0 Å². The molecule has 0 bridgehead atoms. The van der Waals surface area contributed by atoms with Gasteiger partial charge in [0.1, 0.15) is 0 Å². The van der Waals surface area contributed by atoms with E-state index in [4.69, 9.17) is 17.3 Å². The molecule has 1 heterocycles. The summed E-state index contributed by atoms with van der Waals surface area (Å²) < 4.78 is 1.93. The van der Waals surface area contributed by atoms with E-state index in [9.17, 15) is 0 Å². The van der Waals surface area contributed by atoms with E-state index in [-0.39, 0.29) is 24.8 Å². The second kappa shape index (κ2) is 6.88. The van der Waals surface area contributed by atoms with E-state index in [2.05, 4.69) is 5.10 Å². The van der Waals surface area contributed by atoms with Crippen molar-refractivity contribution in [3.05, 3.63) is 46.2 Å². The molecule has 0 radical (unpaired) electrons. The lowest BCUT2D eigenvalue weighted by atomic mass is 10.2. The maximum Gasteiger partial charge on any atom is 0.0677 e. The highest BCUT2D eigenvalue weighted by Crippen LogP contribution is 2.20. The molecule has 6 heteroatoms. The summed E-state index contributed by atoms with van der Waals surface area (Å²) in [7, 11) is 0. The topological polar surface area (TPSA) is 43.8 Å². The van der Waals surface area contributed by atoms with E-state index in [1.54, 1.807) is 6.07 Å². The summed E-state index contributed by atoms with van der Waals surface area (Å²) in [6, 6.07) is 7.55. The second-order valence-electron chi connectivity index (χ2n) is 3.94. The number of nitrogens with zero attached hydrogens (tertiary/aromatic N) is 2. The summed E-state index contributed by atoms with van der Waals surface area (Å²) in [5, 5.41) is 5.12. The van der Waals surface area contributed by atoms with E-state index in [1.807, 2.05) is 36.7 Å². The molecule has 0 aliphatic carbocycles. The van der Waals surface area contributed by atoms with Crippen LogP contribution >= 0.6 is 36.4 Å². The van der Waals surface area contributed by atoms with Crippen LogP contribution < -0.4 is 5.73 Å². The molecule has 0 unspecified atom stereocenters. The number of aromatic nitrogens is 2. The summed E-state index contributed by atoms with van der Waals surface area (Å²) >= 11 is 6.11. The first-order valence-corrected chi connectivity index (χ1v) is 5.49. The average molecular weight is 309 g/mol. The Morgan fingerprint density at radius 3 is 2.44 bits per heavy atom. The molecule has 2 aromatic rings. The number of benzene rings is 1. The van der Waals surface area contributed by atoms with Gasteiger partial charge in [-0.15, -0.1) is 24.8 Å². The van der Waals surface area contributed by atoms with E-state index < -0.39 is 0 Å². The molecule has 0 atom stereocenters. The summed E-state index contributed by atoms with van der Waals surface area (Å²) in [5.74, 6) is 0. The van der Waals surface area contributed by atoms with Crippen LogP contribution in [-0.2, 0) is 6.54 Å². The molecule has 0 spiro atoms. The van der Waals surface area contributed by atoms with Crippen molar-refractivity contribution in [3.8, 4) is 0 Å². The fourth-order valence-corrected chi connectivity index (χ4v) is 1.89. The van der Waals surface area contributed by atoms with E-state index in [0.717, 1.165) is 27.7 Å². The Labute approximate surface area is 124 Å². The van der Waals surface area contributed by atoms with Crippen LogP contribution in [0.15, 0.2) is 24.3 Å². The number of halogens is 3. The monoisotopic (exact) mass is 307 g/mol. The fourth-order valence-electron chi connectivity index (χ4n) is 1.71. The fraction of sp³-hybridized carbons (Fsp3) is 0.250. The molecule has 18 heavy (non-hydrogen) atoms. The minimum atomic E-state index is 0. The second-order valence-corrected chi connectivity index (χ2v) is 4.34. The quantitative estimate of drug-likeness (QED) is 0.861. The third kappa shape index (κ3) is 3.80. The van der Waals surface area contributed by atoms with Crippen LogP contribution in [-0.4, -0.2) is 9.78 Å². The molecular weight excluding hydrogens is 293 g/mol. The normalized spacial score (nSPS) is 9.50. The molecule has 3 nitrogen and oxygen atoms in total. The minimum Gasteiger partial charge on any atom is -0.399 e. The third-order valence-electron chi connectivity index (χ3n) is 2.49. The average Bonchev–Trinajstić information content (AvgIpc) is 2.51. The highest BCUT2D eigenvalue weighted by Gasteiger charge is 2.05. The molecule has 0 saturated carbocycles. The van der Waals surface area contributed by atoms with Crippen LogP contribution in [0.25, 0.3) is 0 Å². The van der Waals surface area contributed by atoms with Crippen LogP contribution in [0.2, 0.25) is 5.02 Å². The summed E-state index contributed by atoms with van der Waals surface area (Å²) in [6.45, 7) is 4.66. The Morgan fingerprint density at radius 1 is 1.22 bits per heavy atom. The van der Waals surface area contributed by atoms with Crippen LogP contribution in [0.1, 0.15) is 17.0 Å². The van der Waals surface area contributed by atoms with E-state index >= 15 is 0 Å². The van der Waals surface area contributed by atoms with Gasteiger partial charge in [0.25, 0.3) is 0 Å². The first-order chi connectivity index (χ1) is 7.56. The predicted octanol–water partition coefficient (Wildman–Crippen LogP) is 3.63. The van der Waals surface area contributed by atoms with E-state index in [1.165, 1.54) is 0 Å². The van der Waals surface area contributed by atoms with Crippen molar-refractivity contribution in [2.45, 2.75) is 20.4 Å². The number of anilines is 1. The van der Waals surface area contributed by atoms with Crippen molar-refractivity contribution < 1.29 is 0 Å². The lowest BCUT2D eigenvalue weighted by Gasteiger charge is -2.07. The molecule has 0 aliphatic rings. The molecule has 0 saturated heterocycles. The largest absolute Gasteiger partial charge is 0.399 e. The number of hydrogen-bond donors (Lipinski definition) is 1. The van der Waals surface area contributed by atoms with Gasteiger partial charge in [0.2, 0.25) is 0 Å². The molecule has 100 valence electrons. The van der Waals surface area contributed by atoms with Gasteiger partial charge in [0.15, 0.2) is 0 Å². The van der Waals surface area contributed by atoms with Gasteiger partial charge in [-0.25, -0.2) is 0 Å². The standard InChI is InChI=1S/C12H14ClN3.2ClH/c1-8-5-9(2)16(15-8)7-10-6-11(14)3-4-12(10)13;;/h3-6H,7,14H2,1-2H3;2*1H. The molecule has 0 amide bonds. The van der Waals surface area contributed by atoms with Crippen LogP contribution in [0.3, 0.4) is 0 Å². The van der Waals surface area contributed by atoms with Crippen molar-refractivity contribution >= 4 is 42.1 Å². The minimum absolute atomic E-state index is 0. The highest BCUT2D eigenvalue weighted by atomic mass is 35.5. The number of nitrogens with two attached hydrogens (primary N) is 1. The smallest absolute Gasteiger partial charge is 0.0677 e. The summed E-state index contributed by atoms with van der Waals surface area (Å²) in [5.41, 5.74) is 9.59. The van der Waals surface area contributed by atoms with Crippen molar-refractivity contribution in [2.75, 3.05) is 5.73 Å². The van der Waals surface area contributed by atoms with Gasteiger partial charge in [-0.05, 0) is 43.7 Å². The lowest BCUT2D eigenvalue weighted by Crippen LogP contribution is -2.05. The summed E-state index contributed by atoms with van der Waals surface area (Å²) in [6.07, 6.45) is 0. The van der Waals surface area contributed by atoms with Crippen LogP contribution in [0, 0.1) is 13.8 Å². The number of aryl methyl sites for hydroxylation is 2. The highest BCUT2D eigenvalue weighted by molar-refractivity contribution is 6.31. The Hall–Kier alpha value is -0.900. The van der Waals surface area contributed by atoms with Gasteiger partial charge >= 0.3 is 0 Å². The number of nitrogen functional groups attached to an aromatic ring is 1. The molecule has 1 aromatic carbocycles. The SMILES string of the molecule is Cc1cc(C)n(Cc2cc(N)ccc2Cl)n1.Cl.Cl. The predicted molar refractivity (Wildman–Crippen MR) is 81.2 cm³/mol. The molecule has 2 rings (SSSR count). The van der Waals surface area contributed by atoms with Crippen LogP contribution in [0.5, 0.6) is 0 Å². The van der Waals surface area contributed by atoms with Gasteiger partial charge < -0.3 is 5.73 Å². The molecule has 1 aromatic heterocycles. The first-order valence-electron chi connectivity index (χ1n) is 5.11. The van der Waals surface area contributed by atoms with Crippen molar-refractivity contribution in [1.82, 2.24) is 9.78 Å². The zero-order valence-corrected chi connectivity index (χ0v) is 12.6. The Morgan fingerprint density at radius 2 is 1.89 bits per heavy atom. The van der Waals surface area contributed by atoms with Gasteiger partial charge in [-0.2, -0.15) is 5.10 Å². The van der Waals surface area contributed by atoms with Gasteiger partial charge in [-0.3, -0.25) is 4.68 Å². The zero-order valence-electron chi connectivity index (χ0n) is 10.2. The van der Waals surface area contributed by atoms with Gasteiger partial charge in [-0.1, -0.05) is 11.6 Å². The molecule has 2 N–H and O–H groups in total. The Balaban J connectivity index is 0.00000144. The van der Waals surface area contributed by atoms with Crippen LogP contribution in [0.4, 0.5) is 5.69 Å². The Kier molecular flexibility index (Phi) is 6.54. The number of hydrogen-bond acceptors (Lipinski definition) is 2. The van der Waals surface area contributed by atoms with Crippen molar-refractivity contribution in [1.29, 1.82) is 0 Å². The van der Waals surface area contributed by atoms with Gasteiger partial charge in [0, 0.05) is 16.4 Å². The maximum atomic E-state index is 6.11. The third-order valence-corrected chi connectivity index (χ3v) is 2.86. The molecule has 0 aliphatic heterocycles. The van der Waals surface area contributed by atoms with Gasteiger partial charge in [0.05, 0.1) is 12.2 Å². The van der Waals surface area contributed by atoms with E-state index in [0.29, 0.717) is 6.54 Å². The number of rotatable bonds is 2. The summed E-state index contributed by atoms with van der Waals surface area (Å²) in [4.78, 5) is 0. The molecule has 0 fully saturated rings. The Bertz CT molecular complexity index is 523. The molecular formula is C12H16Cl3N3. The maximum absolute atomic E-state index is 6.11. The first kappa shape index (κ1) is 17.1. The zero-order chi connectivity index (χ0) is 11.7.